The Bertz CT molecular complexity index is 1210. The van der Waals surface area contributed by atoms with Crippen molar-refractivity contribution < 1.29 is 9.53 Å². The lowest BCUT2D eigenvalue weighted by atomic mass is 9.32. The number of rotatable bonds is 4. The molecule has 1 aromatic rings. The second kappa shape index (κ2) is 9.85. The van der Waals surface area contributed by atoms with Gasteiger partial charge >= 0.3 is 5.97 Å². The zero-order valence-corrected chi connectivity index (χ0v) is 27.1. The van der Waals surface area contributed by atoms with E-state index in [1.54, 1.807) is 6.08 Å². The lowest BCUT2D eigenvalue weighted by Gasteiger charge is -2.73. The second-order valence-electron chi connectivity index (χ2n) is 16.9. The molecule has 5 aliphatic rings. The maximum Gasteiger partial charge on any atom is 0.331 e. The Balaban J connectivity index is 1.24. The molecule has 0 aliphatic heterocycles. The van der Waals surface area contributed by atoms with E-state index in [0.717, 1.165) is 35.7 Å². The van der Waals surface area contributed by atoms with Crippen molar-refractivity contribution in [3.8, 4) is 0 Å². The van der Waals surface area contributed by atoms with Crippen LogP contribution in [0, 0.1) is 56.7 Å². The number of esters is 1. The predicted octanol–water partition coefficient (Wildman–Crippen LogP) is 10.3. The second-order valence-corrected chi connectivity index (χ2v) is 16.9. The number of allylic oxidation sites excluding steroid dienone is 1. The number of carbonyl (C=O) groups excluding carboxylic acids is 1. The first-order valence-corrected chi connectivity index (χ1v) is 16.9. The molecule has 5 saturated carbocycles. The van der Waals surface area contributed by atoms with Crippen LogP contribution in [0.5, 0.6) is 0 Å². The van der Waals surface area contributed by atoms with Crippen molar-refractivity contribution in [1.82, 2.24) is 0 Å². The van der Waals surface area contributed by atoms with E-state index in [4.69, 9.17) is 4.74 Å². The van der Waals surface area contributed by atoms with Gasteiger partial charge in [-0.3, -0.25) is 0 Å². The molecule has 2 nitrogen and oxygen atoms in total. The van der Waals surface area contributed by atoms with E-state index in [0.29, 0.717) is 27.6 Å². The summed E-state index contributed by atoms with van der Waals surface area (Å²) < 4.78 is 6.25. The zero-order valence-electron chi connectivity index (χ0n) is 27.1. The summed E-state index contributed by atoms with van der Waals surface area (Å²) in [4.78, 5) is 13.0. The third-order valence-electron chi connectivity index (χ3n) is 14.9. The maximum absolute atomic E-state index is 13.0. The molecule has 0 saturated heterocycles. The third kappa shape index (κ3) is 4.27. The van der Waals surface area contributed by atoms with E-state index < -0.39 is 0 Å². The van der Waals surface area contributed by atoms with Crippen molar-refractivity contribution >= 4 is 12.0 Å². The Labute approximate surface area is 250 Å². The number of carbonyl (C=O) groups is 1. The van der Waals surface area contributed by atoms with Crippen molar-refractivity contribution in [2.45, 2.75) is 119 Å². The minimum Gasteiger partial charge on any atom is -0.459 e. The summed E-state index contributed by atoms with van der Waals surface area (Å²) in [7, 11) is 0. The standard InChI is InChI=1S/C39H56O2/c1-26(2)28-18-21-36(5)24-25-38(7)29(34(28)36)15-16-31-37(6)22-20-32(35(3,4)30(37)19-23-39(31,38)8)41-33(40)17-14-27-12-10-9-11-13-27/h9-14,17,28-32,34H,1,15-16,18-25H2,2-8H3/t28-,29-,30+,31+,32+,34-,36+,37-,38-,39-/m1/s1. The Morgan fingerprint density at radius 1 is 0.829 bits per heavy atom. The van der Waals surface area contributed by atoms with Crippen LogP contribution in [0.1, 0.15) is 118 Å². The highest BCUT2D eigenvalue weighted by atomic mass is 16.5. The monoisotopic (exact) mass is 556 g/mol. The molecular weight excluding hydrogens is 500 g/mol. The van der Waals surface area contributed by atoms with Crippen LogP contribution >= 0.6 is 0 Å². The van der Waals surface area contributed by atoms with Gasteiger partial charge in [-0.05, 0) is 134 Å². The summed E-state index contributed by atoms with van der Waals surface area (Å²) in [5.41, 5.74) is 4.05. The molecule has 10 atom stereocenters. The van der Waals surface area contributed by atoms with Gasteiger partial charge in [0.1, 0.15) is 6.10 Å². The van der Waals surface area contributed by atoms with Crippen LogP contribution < -0.4 is 0 Å². The van der Waals surface area contributed by atoms with Gasteiger partial charge in [0.05, 0.1) is 0 Å². The zero-order chi connectivity index (χ0) is 29.4. The van der Waals surface area contributed by atoms with Crippen molar-refractivity contribution in [2.24, 2.45) is 56.7 Å². The van der Waals surface area contributed by atoms with Gasteiger partial charge in [0.2, 0.25) is 0 Å². The van der Waals surface area contributed by atoms with E-state index >= 15 is 0 Å². The molecule has 5 aliphatic carbocycles. The molecule has 0 spiro atoms. The van der Waals surface area contributed by atoms with E-state index in [2.05, 4.69) is 55.0 Å². The van der Waals surface area contributed by atoms with Crippen molar-refractivity contribution in [1.29, 1.82) is 0 Å². The molecule has 2 heteroatoms. The SMILES string of the molecule is C=C(C)[C@H]1CC[C@@]2(C)CC[C@]3(C)[C@H](CC[C@H]4[C@]5(C)CC[C@H](OC(=O)C=Cc6ccccc6)C(C)(C)[C@@H]5CC[C@]43C)[C@@H]12. The highest BCUT2D eigenvalue weighted by Crippen LogP contribution is 2.77. The average Bonchev–Trinajstić information content (AvgIpc) is 3.28. The van der Waals surface area contributed by atoms with Gasteiger partial charge in [-0.25, -0.2) is 4.79 Å². The number of ether oxygens (including phenoxy) is 1. The van der Waals surface area contributed by atoms with Crippen LogP contribution in [0.15, 0.2) is 48.6 Å². The van der Waals surface area contributed by atoms with Crippen LogP contribution in [-0.2, 0) is 9.53 Å². The smallest absolute Gasteiger partial charge is 0.331 e. The molecule has 1 aromatic carbocycles. The molecule has 6 rings (SSSR count). The normalized spacial score (nSPS) is 46.6. The summed E-state index contributed by atoms with van der Waals surface area (Å²) in [5, 5.41) is 0. The highest BCUT2D eigenvalue weighted by Gasteiger charge is 2.70. The van der Waals surface area contributed by atoms with E-state index in [9.17, 15) is 4.79 Å². The third-order valence-corrected chi connectivity index (χ3v) is 14.9. The predicted molar refractivity (Wildman–Crippen MR) is 170 cm³/mol. The number of hydrogen-bond acceptors (Lipinski definition) is 2. The molecule has 0 radical (unpaired) electrons. The first-order chi connectivity index (χ1) is 19.3. The summed E-state index contributed by atoms with van der Waals surface area (Å²) in [6, 6.07) is 10.0. The average molecular weight is 557 g/mol. The van der Waals surface area contributed by atoms with Crippen LogP contribution in [-0.4, -0.2) is 12.1 Å². The Hall–Kier alpha value is -1.83. The minimum atomic E-state index is -0.196. The Morgan fingerprint density at radius 2 is 1.56 bits per heavy atom. The van der Waals surface area contributed by atoms with Gasteiger partial charge < -0.3 is 4.74 Å². The van der Waals surface area contributed by atoms with Crippen molar-refractivity contribution in [3.63, 3.8) is 0 Å². The molecule has 0 unspecified atom stereocenters. The first kappa shape index (κ1) is 29.3. The molecule has 0 bridgehead atoms. The van der Waals surface area contributed by atoms with Crippen molar-refractivity contribution in [3.05, 3.63) is 54.1 Å². The highest BCUT2D eigenvalue weighted by molar-refractivity contribution is 5.87. The fraction of sp³-hybridized carbons (Fsp3) is 0.718. The molecule has 0 aromatic heterocycles. The quantitative estimate of drug-likeness (QED) is 0.209. The fourth-order valence-corrected chi connectivity index (χ4v) is 12.6. The molecule has 224 valence electrons. The van der Waals surface area contributed by atoms with Crippen LogP contribution in [0.25, 0.3) is 6.08 Å². The van der Waals surface area contributed by atoms with Crippen molar-refractivity contribution in [2.75, 3.05) is 0 Å². The lowest BCUT2D eigenvalue weighted by Crippen LogP contribution is -2.66. The summed E-state index contributed by atoms with van der Waals surface area (Å²) >= 11 is 0. The molecule has 0 N–H and O–H groups in total. The molecular formula is C39H56O2. The van der Waals surface area contributed by atoms with Crippen LogP contribution in [0.2, 0.25) is 0 Å². The Kier molecular flexibility index (Phi) is 7.03. The summed E-state index contributed by atoms with van der Waals surface area (Å²) in [5.74, 6) is 3.50. The van der Waals surface area contributed by atoms with E-state index in [1.807, 2.05) is 36.4 Å². The van der Waals surface area contributed by atoms with Crippen LogP contribution in [0.3, 0.4) is 0 Å². The topological polar surface area (TPSA) is 26.3 Å². The van der Waals surface area contributed by atoms with E-state index in [1.165, 1.54) is 63.4 Å². The molecule has 5 fully saturated rings. The fourth-order valence-electron chi connectivity index (χ4n) is 12.6. The summed E-state index contributed by atoms with van der Waals surface area (Å²) in [6.07, 6.45) is 16.6. The Morgan fingerprint density at radius 3 is 2.27 bits per heavy atom. The molecule has 0 amide bonds. The van der Waals surface area contributed by atoms with Gasteiger partial charge in [0.25, 0.3) is 0 Å². The largest absolute Gasteiger partial charge is 0.459 e. The van der Waals surface area contributed by atoms with Gasteiger partial charge in [-0.1, -0.05) is 84.0 Å². The number of fused-ring (bicyclic) bond motifs is 7. The maximum atomic E-state index is 13.0. The minimum absolute atomic E-state index is 0.0185. The molecule has 0 heterocycles. The van der Waals surface area contributed by atoms with Gasteiger partial charge in [-0.2, -0.15) is 0 Å². The van der Waals surface area contributed by atoms with Gasteiger partial charge in [0.15, 0.2) is 0 Å². The first-order valence-electron chi connectivity index (χ1n) is 16.9. The van der Waals surface area contributed by atoms with Gasteiger partial charge in [0, 0.05) is 11.5 Å². The van der Waals surface area contributed by atoms with Crippen LogP contribution in [0.4, 0.5) is 0 Å². The molecule has 41 heavy (non-hydrogen) atoms. The van der Waals surface area contributed by atoms with E-state index in [-0.39, 0.29) is 17.5 Å². The summed E-state index contributed by atoms with van der Waals surface area (Å²) in [6.45, 7) is 22.4. The number of benzene rings is 1. The van der Waals surface area contributed by atoms with Gasteiger partial charge in [-0.15, -0.1) is 0 Å². The lowest BCUT2D eigenvalue weighted by molar-refractivity contribution is -0.248. The number of hydrogen-bond donors (Lipinski definition) is 0.